The third kappa shape index (κ3) is 3.24. The molecule has 1 aromatic heterocycles. The molecule has 6 nitrogen and oxygen atoms in total. The van der Waals surface area contributed by atoms with Gasteiger partial charge < -0.3 is 14.5 Å². The smallest absolute Gasteiger partial charge is 0.340 e. The first kappa shape index (κ1) is 13.8. The first-order chi connectivity index (χ1) is 9.11. The first-order valence-corrected chi connectivity index (χ1v) is 6.90. The summed E-state index contributed by atoms with van der Waals surface area (Å²) in [4.78, 5) is 27.5. The summed E-state index contributed by atoms with van der Waals surface area (Å²) in [6.45, 7) is 3.12. The summed E-state index contributed by atoms with van der Waals surface area (Å²) in [7, 11) is 3.36. The van der Waals surface area contributed by atoms with E-state index in [0.29, 0.717) is 23.7 Å². The molecule has 1 aromatic rings. The Morgan fingerprint density at radius 3 is 2.63 bits per heavy atom. The fourth-order valence-electron chi connectivity index (χ4n) is 1.86. The van der Waals surface area contributed by atoms with Crippen LogP contribution in [-0.4, -0.2) is 62.1 Å². The molecule has 0 spiro atoms. The predicted molar refractivity (Wildman–Crippen MR) is 73.7 cm³/mol. The monoisotopic (exact) mass is 283 g/mol. The predicted octanol–water partition coefficient (Wildman–Crippen LogP) is 1.31. The second-order valence-electron chi connectivity index (χ2n) is 4.38. The summed E-state index contributed by atoms with van der Waals surface area (Å²) in [5.41, 5.74) is 0.398. The van der Waals surface area contributed by atoms with Gasteiger partial charge in [-0.3, -0.25) is 5.32 Å². The van der Waals surface area contributed by atoms with Crippen molar-refractivity contribution in [2.24, 2.45) is 0 Å². The van der Waals surface area contributed by atoms with E-state index in [2.05, 4.69) is 15.0 Å². The minimum atomic E-state index is -0.435. The number of nitrogens with zero attached hydrogens (tertiary/aromatic N) is 2. The van der Waals surface area contributed by atoms with Crippen LogP contribution in [0, 0.1) is 0 Å². The number of nitrogens with one attached hydrogen (secondary N) is 1. The molecule has 1 N–H and O–H groups in total. The highest BCUT2D eigenvalue weighted by molar-refractivity contribution is 7.14. The van der Waals surface area contributed by atoms with E-state index in [9.17, 15) is 9.59 Å². The van der Waals surface area contributed by atoms with Crippen LogP contribution in [0.25, 0.3) is 0 Å². The highest BCUT2D eigenvalue weighted by Crippen LogP contribution is 2.24. The van der Waals surface area contributed by atoms with Gasteiger partial charge in [0.15, 0.2) is 0 Å². The molecule has 19 heavy (non-hydrogen) atoms. The van der Waals surface area contributed by atoms with Gasteiger partial charge in [-0.05, 0) is 18.5 Å². The number of likely N-dealkylation sites (N-methyl/N-ethyl adjacent to an activating group) is 1. The van der Waals surface area contributed by atoms with Crippen LogP contribution in [0.2, 0.25) is 0 Å². The highest BCUT2D eigenvalue weighted by atomic mass is 32.1. The van der Waals surface area contributed by atoms with Crippen LogP contribution < -0.4 is 5.32 Å². The van der Waals surface area contributed by atoms with Crippen LogP contribution in [0.15, 0.2) is 11.4 Å². The summed E-state index contributed by atoms with van der Waals surface area (Å²) in [5, 5.41) is 5.07. The fraction of sp³-hybridized carbons (Fsp3) is 0.500. The van der Waals surface area contributed by atoms with Crippen molar-refractivity contribution in [1.29, 1.82) is 0 Å². The normalized spacial score (nSPS) is 16.2. The van der Waals surface area contributed by atoms with Crippen molar-refractivity contribution in [2.75, 3.05) is 45.7 Å². The number of hydrogen-bond acceptors (Lipinski definition) is 5. The lowest BCUT2D eigenvalue weighted by Crippen LogP contribution is -2.48. The number of carbonyl (C=O) groups is 2. The van der Waals surface area contributed by atoms with Gasteiger partial charge in [-0.15, -0.1) is 11.3 Å². The molecule has 2 amide bonds. The Morgan fingerprint density at radius 1 is 1.32 bits per heavy atom. The highest BCUT2D eigenvalue weighted by Gasteiger charge is 2.21. The van der Waals surface area contributed by atoms with Gasteiger partial charge in [0.25, 0.3) is 0 Å². The van der Waals surface area contributed by atoms with Crippen molar-refractivity contribution in [3.8, 4) is 0 Å². The second kappa shape index (κ2) is 6.03. The van der Waals surface area contributed by atoms with E-state index in [-0.39, 0.29) is 6.03 Å². The molecule has 2 rings (SSSR count). The van der Waals surface area contributed by atoms with Gasteiger partial charge >= 0.3 is 12.0 Å². The number of esters is 1. The average molecular weight is 283 g/mol. The molecular formula is C12H17N3O3S. The number of thiophene rings is 1. The number of ether oxygens (including phenoxy) is 1. The Bertz CT molecular complexity index is 467. The zero-order chi connectivity index (χ0) is 13.8. The average Bonchev–Trinajstić information content (AvgIpc) is 2.86. The lowest BCUT2D eigenvalue weighted by atomic mass is 10.3. The molecule has 0 aliphatic carbocycles. The summed E-state index contributed by atoms with van der Waals surface area (Å²) >= 11 is 1.32. The van der Waals surface area contributed by atoms with Crippen molar-refractivity contribution in [3.63, 3.8) is 0 Å². The van der Waals surface area contributed by atoms with Crippen LogP contribution in [0.3, 0.4) is 0 Å². The van der Waals surface area contributed by atoms with Crippen LogP contribution in [0.1, 0.15) is 10.4 Å². The number of anilines is 1. The minimum Gasteiger partial charge on any atom is -0.465 e. The molecular weight excluding hydrogens is 266 g/mol. The van der Waals surface area contributed by atoms with Gasteiger partial charge in [0.05, 0.1) is 12.7 Å². The Kier molecular flexibility index (Phi) is 4.39. The molecule has 1 aliphatic heterocycles. The molecule has 0 saturated carbocycles. The molecule has 0 radical (unpaired) electrons. The number of piperazine rings is 1. The quantitative estimate of drug-likeness (QED) is 0.831. The van der Waals surface area contributed by atoms with Crippen molar-refractivity contribution in [1.82, 2.24) is 9.80 Å². The maximum absolute atomic E-state index is 12.1. The number of hydrogen-bond donors (Lipinski definition) is 1. The number of amides is 2. The molecule has 0 aromatic carbocycles. The second-order valence-corrected chi connectivity index (χ2v) is 5.29. The largest absolute Gasteiger partial charge is 0.465 e. The van der Waals surface area contributed by atoms with Gasteiger partial charge in [-0.25, -0.2) is 9.59 Å². The summed E-state index contributed by atoms with van der Waals surface area (Å²) < 4.78 is 4.67. The summed E-state index contributed by atoms with van der Waals surface area (Å²) in [6, 6.07) is 1.48. The van der Waals surface area contributed by atoms with Gasteiger partial charge in [-0.2, -0.15) is 0 Å². The maximum atomic E-state index is 12.1. The van der Waals surface area contributed by atoms with E-state index in [1.54, 1.807) is 16.3 Å². The van der Waals surface area contributed by atoms with E-state index in [1.807, 2.05) is 7.05 Å². The molecule has 1 saturated heterocycles. The van der Waals surface area contributed by atoms with Gasteiger partial charge in [0.2, 0.25) is 0 Å². The summed E-state index contributed by atoms with van der Waals surface area (Å²) in [6.07, 6.45) is 0. The fourth-order valence-corrected chi connectivity index (χ4v) is 2.63. The molecule has 1 fully saturated rings. The minimum absolute atomic E-state index is 0.166. The topological polar surface area (TPSA) is 61.9 Å². The Balaban J connectivity index is 1.99. The van der Waals surface area contributed by atoms with Crippen LogP contribution in [0.4, 0.5) is 9.80 Å². The number of rotatable bonds is 2. The molecule has 1 aliphatic rings. The number of urea groups is 1. The maximum Gasteiger partial charge on any atom is 0.340 e. The zero-order valence-electron chi connectivity index (χ0n) is 11.0. The Labute approximate surface area is 115 Å². The molecule has 7 heteroatoms. The molecule has 0 unspecified atom stereocenters. The van der Waals surface area contributed by atoms with Crippen LogP contribution in [-0.2, 0) is 4.74 Å². The van der Waals surface area contributed by atoms with Crippen molar-refractivity contribution in [2.45, 2.75) is 0 Å². The van der Waals surface area contributed by atoms with E-state index in [1.165, 1.54) is 18.4 Å². The molecule has 0 atom stereocenters. The third-order valence-electron chi connectivity index (χ3n) is 3.08. The molecule has 104 valence electrons. The zero-order valence-corrected chi connectivity index (χ0v) is 11.8. The van der Waals surface area contributed by atoms with Gasteiger partial charge in [-0.1, -0.05) is 0 Å². The Hall–Kier alpha value is -1.60. The van der Waals surface area contributed by atoms with Crippen molar-refractivity contribution in [3.05, 3.63) is 17.0 Å². The van der Waals surface area contributed by atoms with Gasteiger partial charge in [0, 0.05) is 26.2 Å². The molecule has 0 bridgehead atoms. The van der Waals surface area contributed by atoms with Crippen LogP contribution in [0.5, 0.6) is 0 Å². The van der Waals surface area contributed by atoms with Crippen LogP contribution >= 0.6 is 11.3 Å². The first-order valence-electron chi connectivity index (χ1n) is 6.02. The Morgan fingerprint density at radius 2 is 2.00 bits per heavy atom. The number of methoxy groups -OCH3 is 1. The van der Waals surface area contributed by atoms with Gasteiger partial charge in [0.1, 0.15) is 5.00 Å². The lowest BCUT2D eigenvalue weighted by molar-refractivity contribution is 0.0602. The third-order valence-corrected chi connectivity index (χ3v) is 3.91. The SMILES string of the molecule is COC(=O)c1ccsc1NC(=O)N1CCN(C)CC1. The van der Waals surface area contributed by atoms with E-state index < -0.39 is 5.97 Å². The van der Waals surface area contributed by atoms with E-state index >= 15 is 0 Å². The van der Waals surface area contributed by atoms with Crippen molar-refractivity contribution < 1.29 is 14.3 Å². The van der Waals surface area contributed by atoms with Crippen molar-refractivity contribution >= 4 is 28.3 Å². The number of carbonyl (C=O) groups excluding carboxylic acids is 2. The van der Waals surface area contributed by atoms with E-state index in [4.69, 9.17) is 0 Å². The molecule has 2 heterocycles. The lowest BCUT2D eigenvalue weighted by Gasteiger charge is -2.32. The summed E-state index contributed by atoms with van der Waals surface area (Å²) in [5.74, 6) is -0.435. The van der Waals surface area contributed by atoms with E-state index in [0.717, 1.165) is 13.1 Å². The standard InChI is InChI=1S/C12H17N3O3S/c1-14-4-6-15(7-5-14)12(17)13-10-9(3-8-19-10)11(16)18-2/h3,8H,4-7H2,1-2H3,(H,13,17).